The van der Waals surface area contributed by atoms with Crippen LogP contribution >= 0.6 is 15.9 Å². The van der Waals surface area contributed by atoms with Gasteiger partial charge in [-0.15, -0.1) is 0 Å². The first-order chi connectivity index (χ1) is 6.79. The minimum Gasteiger partial charge on any atom is -0.250 e. The van der Waals surface area contributed by atoms with Crippen LogP contribution in [0.3, 0.4) is 0 Å². The van der Waals surface area contributed by atoms with Crippen LogP contribution in [0.2, 0.25) is 0 Å². The van der Waals surface area contributed by atoms with Crippen molar-refractivity contribution in [2.45, 2.75) is 44.0 Å². The van der Waals surface area contributed by atoms with Gasteiger partial charge in [-0.3, -0.25) is 4.68 Å². The van der Waals surface area contributed by atoms with Gasteiger partial charge in [-0.05, 0) is 32.1 Å². The van der Waals surface area contributed by atoms with E-state index < -0.39 is 0 Å². The van der Waals surface area contributed by atoms with Crippen LogP contribution in [-0.2, 0) is 13.0 Å². The number of aryl methyl sites for hydroxylation is 1. The van der Waals surface area contributed by atoms with Crippen molar-refractivity contribution in [1.29, 1.82) is 0 Å². The van der Waals surface area contributed by atoms with Crippen LogP contribution in [0.1, 0.15) is 32.0 Å². The minimum absolute atomic E-state index is 0.727. The topological polar surface area (TPSA) is 30.7 Å². The molecule has 1 heterocycles. The van der Waals surface area contributed by atoms with Gasteiger partial charge in [-0.1, -0.05) is 15.9 Å². The van der Waals surface area contributed by atoms with Gasteiger partial charge in [-0.2, -0.15) is 5.10 Å². The molecule has 0 radical (unpaired) electrons. The van der Waals surface area contributed by atoms with Gasteiger partial charge >= 0.3 is 0 Å². The second-order valence-electron chi connectivity index (χ2n) is 3.97. The smallest absolute Gasteiger partial charge is 0.138 e. The average Bonchev–Trinajstić information content (AvgIpc) is 2.76. The highest BCUT2D eigenvalue weighted by Gasteiger charge is 2.23. The minimum atomic E-state index is 0.727. The van der Waals surface area contributed by atoms with Crippen molar-refractivity contribution >= 4 is 15.9 Å². The molecule has 4 heteroatoms. The first-order valence-corrected chi connectivity index (χ1v) is 6.22. The maximum atomic E-state index is 4.31. The number of hydrogen-bond acceptors (Lipinski definition) is 2. The second-order valence-corrected chi connectivity index (χ2v) is 5.27. The van der Waals surface area contributed by atoms with Crippen LogP contribution in [0, 0.1) is 5.92 Å². The quantitative estimate of drug-likeness (QED) is 0.779. The molecule has 14 heavy (non-hydrogen) atoms. The van der Waals surface area contributed by atoms with Gasteiger partial charge in [0, 0.05) is 17.8 Å². The molecule has 0 spiro atoms. The molecule has 1 aliphatic rings. The summed E-state index contributed by atoms with van der Waals surface area (Å²) in [6.07, 6.45) is 6.68. The molecular formula is C10H16BrN3. The highest BCUT2D eigenvalue weighted by molar-refractivity contribution is 9.09. The molecule has 0 amide bonds. The van der Waals surface area contributed by atoms with Gasteiger partial charge in [-0.25, -0.2) is 4.98 Å². The van der Waals surface area contributed by atoms with Crippen LogP contribution in [-0.4, -0.2) is 19.6 Å². The molecule has 2 atom stereocenters. The van der Waals surface area contributed by atoms with E-state index in [-0.39, 0.29) is 0 Å². The Labute approximate surface area is 93.0 Å². The highest BCUT2D eigenvalue weighted by Crippen LogP contribution is 2.32. The molecule has 1 aliphatic carbocycles. The average molecular weight is 258 g/mol. The Morgan fingerprint density at radius 3 is 3.07 bits per heavy atom. The molecule has 1 saturated carbocycles. The maximum Gasteiger partial charge on any atom is 0.138 e. The van der Waals surface area contributed by atoms with Crippen LogP contribution in [0.25, 0.3) is 0 Å². The van der Waals surface area contributed by atoms with E-state index in [9.17, 15) is 0 Å². The summed E-state index contributed by atoms with van der Waals surface area (Å²) in [5.74, 6) is 1.95. The van der Waals surface area contributed by atoms with Crippen molar-refractivity contribution in [3.63, 3.8) is 0 Å². The predicted octanol–water partition coefficient (Wildman–Crippen LogP) is 2.40. The summed E-state index contributed by atoms with van der Waals surface area (Å²) in [7, 11) is 0. The fraction of sp³-hybridized carbons (Fsp3) is 0.800. The van der Waals surface area contributed by atoms with Gasteiger partial charge in [0.05, 0.1) is 0 Å². The third-order valence-corrected chi connectivity index (χ3v) is 3.78. The molecule has 2 unspecified atom stereocenters. The zero-order chi connectivity index (χ0) is 9.97. The van der Waals surface area contributed by atoms with Gasteiger partial charge in [0.2, 0.25) is 0 Å². The first-order valence-electron chi connectivity index (χ1n) is 5.30. The SMILES string of the molecule is CCn1ncnc1CC1CCC(Br)C1. The van der Waals surface area contributed by atoms with Gasteiger partial charge in [0.15, 0.2) is 0 Å². The lowest BCUT2D eigenvalue weighted by molar-refractivity contribution is 0.501. The Bertz CT molecular complexity index is 297. The normalized spacial score (nSPS) is 27.0. The molecule has 3 nitrogen and oxygen atoms in total. The molecule has 1 fully saturated rings. The van der Waals surface area contributed by atoms with Gasteiger partial charge in [0.1, 0.15) is 12.2 Å². The van der Waals surface area contributed by atoms with Crippen molar-refractivity contribution in [2.75, 3.05) is 0 Å². The van der Waals surface area contributed by atoms with Crippen molar-refractivity contribution in [3.05, 3.63) is 12.2 Å². The zero-order valence-electron chi connectivity index (χ0n) is 8.49. The molecular weight excluding hydrogens is 242 g/mol. The van der Waals surface area contributed by atoms with E-state index in [1.54, 1.807) is 6.33 Å². The van der Waals surface area contributed by atoms with Crippen LogP contribution in [0.15, 0.2) is 6.33 Å². The number of halogens is 1. The Balaban J connectivity index is 1.97. The Morgan fingerprint density at radius 2 is 2.43 bits per heavy atom. The monoisotopic (exact) mass is 257 g/mol. The largest absolute Gasteiger partial charge is 0.250 e. The lowest BCUT2D eigenvalue weighted by atomic mass is 10.0. The van der Waals surface area contributed by atoms with Gasteiger partial charge < -0.3 is 0 Å². The standard InChI is InChI=1S/C10H16BrN3/c1-2-14-10(12-7-13-14)6-8-3-4-9(11)5-8/h7-9H,2-6H2,1H3. The van der Waals surface area contributed by atoms with Crippen LogP contribution < -0.4 is 0 Å². The predicted molar refractivity (Wildman–Crippen MR) is 59.5 cm³/mol. The molecule has 0 N–H and O–H groups in total. The molecule has 1 aromatic rings. The number of rotatable bonds is 3. The first kappa shape index (κ1) is 10.1. The summed E-state index contributed by atoms with van der Waals surface area (Å²) in [5, 5.41) is 4.19. The summed E-state index contributed by atoms with van der Waals surface area (Å²) >= 11 is 3.68. The van der Waals surface area contributed by atoms with E-state index >= 15 is 0 Å². The second kappa shape index (κ2) is 4.43. The van der Waals surface area contributed by atoms with Crippen molar-refractivity contribution in [2.24, 2.45) is 5.92 Å². The summed E-state index contributed by atoms with van der Waals surface area (Å²) in [5.41, 5.74) is 0. The Hall–Kier alpha value is -0.380. The highest BCUT2D eigenvalue weighted by atomic mass is 79.9. The Morgan fingerprint density at radius 1 is 1.57 bits per heavy atom. The maximum absolute atomic E-state index is 4.31. The summed E-state index contributed by atoms with van der Waals surface area (Å²) in [6, 6.07) is 0. The van der Waals surface area contributed by atoms with Crippen molar-refractivity contribution in [3.8, 4) is 0 Å². The Kier molecular flexibility index (Phi) is 3.21. The third-order valence-electron chi connectivity index (χ3n) is 2.94. The van der Waals surface area contributed by atoms with E-state index in [1.807, 2.05) is 4.68 Å². The number of aromatic nitrogens is 3. The van der Waals surface area contributed by atoms with Crippen LogP contribution in [0.4, 0.5) is 0 Å². The molecule has 78 valence electrons. The zero-order valence-corrected chi connectivity index (χ0v) is 10.1. The molecule has 0 bridgehead atoms. The fourth-order valence-corrected chi connectivity index (χ4v) is 2.96. The lowest BCUT2D eigenvalue weighted by Gasteiger charge is -2.08. The third kappa shape index (κ3) is 2.16. The van der Waals surface area contributed by atoms with Crippen LogP contribution in [0.5, 0.6) is 0 Å². The number of nitrogens with zero attached hydrogens (tertiary/aromatic N) is 3. The van der Waals surface area contributed by atoms with E-state index in [1.165, 1.54) is 19.3 Å². The van der Waals surface area contributed by atoms with Crippen molar-refractivity contribution < 1.29 is 0 Å². The van der Waals surface area contributed by atoms with Crippen molar-refractivity contribution in [1.82, 2.24) is 14.8 Å². The molecule has 0 saturated heterocycles. The summed E-state index contributed by atoms with van der Waals surface area (Å²) < 4.78 is 2.00. The van der Waals surface area contributed by atoms with E-state index in [4.69, 9.17) is 0 Å². The van der Waals surface area contributed by atoms with E-state index in [2.05, 4.69) is 32.9 Å². The summed E-state index contributed by atoms with van der Waals surface area (Å²) in [4.78, 5) is 5.04. The lowest BCUT2D eigenvalue weighted by Crippen LogP contribution is -2.09. The molecule has 1 aromatic heterocycles. The molecule has 0 aliphatic heterocycles. The number of alkyl halides is 1. The van der Waals surface area contributed by atoms with E-state index in [0.29, 0.717) is 0 Å². The molecule has 0 aromatic carbocycles. The summed E-state index contributed by atoms with van der Waals surface area (Å²) in [6.45, 7) is 3.04. The van der Waals surface area contributed by atoms with Gasteiger partial charge in [0.25, 0.3) is 0 Å². The molecule has 2 rings (SSSR count). The van der Waals surface area contributed by atoms with E-state index in [0.717, 1.165) is 29.5 Å². The number of hydrogen-bond donors (Lipinski definition) is 0. The fourth-order valence-electron chi connectivity index (χ4n) is 2.17.